The van der Waals surface area contributed by atoms with E-state index >= 15 is 0 Å². The molecule has 76 valence electrons. The molecule has 1 N–H and O–H groups in total. The fourth-order valence-corrected chi connectivity index (χ4v) is 2.00. The number of aliphatic hydroxyl groups is 1. The van der Waals surface area contributed by atoms with Crippen LogP contribution < -0.4 is 0 Å². The van der Waals surface area contributed by atoms with Gasteiger partial charge in [0.1, 0.15) is 6.10 Å². The molecule has 0 aromatic heterocycles. The molecular formula is C10H18O3. The van der Waals surface area contributed by atoms with Crippen LogP contribution in [-0.2, 0) is 9.47 Å². The van der Waals surface area contributed by atoms with Crippen molar-refractivity contribution >= 4 is 0 Å². The monoisotopic (exact) mass is 186 g/mol. The fourth-order valence-electron chi connectivity index (χ4n) is 2.00. The molecule has 2 rings (SSSR count). The minimum absolute atomic E-state index is 0.0401. The van der Waals surface area contributed by atoms with E-state index in [1.165, 1.54) is 0 Å². The van der Waals surface area contributed by atoms with Crippen LogP contribution in [0.5, 0.6) is 0 Å². The van der Waals surface area contributed by atoms with Gasteiger partial charge < -0.3 is 14.6 Å². The molecule has 0 amide bonds. The van der Waals surface area contributed by atoms with Gasteiger partial charge in [0, 0.05) is 0 Å². The summed E-state index contributed by atoms with van der Waals surface area (Å²) in [6, 6.07) is 0. The van der Waals surface area contributed by atoms with Gasteiger partial charge in [-0.15, -0.1) is 0 Å². The Morgan fingerprint density at radius 3 is 2.46 bits per heavy atom. The van der Waals surface area contributed by atoms with Crippen molar-refractivity contribution in [2.45, 2.75) is 57.0 Å². The topological polar surface area (TPSA) is 42.0 Å². The first-order chi connectivity index (χ1) is 5.92. The van der Waals surface area contributed by atoms with Crippen molar-refractivity contribution in [1.82, 2.24) is 0 Å². The van der Waals surface area contributed by atoms with Gasteiger partial charge in [-0.25, -0.2) is 0 Å². The predicted molar refractivity (Wildman–Crippen MR) is 48.5 cm³/mol. The van der Waals surface area contributed by atoms with Crippen LogP contribution in [0.15, 0.2) is 0 Å². The number of rotatable bonds is 2. The van der Waals surface area contributed by atoms with Crippen molar-refractivity contribution in [3.8, 4) is 0 Å². The molecule has 2 aliphatic heterocycles. The highest BCUT2D eigenvalue weighted by Crippen LogP contribution is 2.41. The van der Waals surface area contributed by atoms with Crippen LogP contribution in [-0.4, -0.2) is 35.1 Å². The van der Waals surface area contributed by atoms with Gasteiger partial charge in [0.25, 0.3) is 0 Å². The van der Waals surface area contributed by atoms with E-state index in [0.717, 1.165) is 19.4 Å². The second-order valence-corrected chi connectivity index (χ2v) is 4.93. The highest BCUT2D eigenvalue weighted by Gasteiger charge is 2.51. The molecule has 0 unspecified atom stereocenters. The summed E-state index contributed by atoms with van der Waals surface area (Å²) in [5.74, 6) is 0. The minimum Gasteiger partial charge on any atom is -0.388 e. The van der Waals surface area contributed by atoms with E-state index in [9.17, 15) is 5.11 Å². The van der Waals surface area contributed by atoms with Gasteiger partial charge in [-0.3, -0.25) is 0 Å². The van der Waals surface area contributed by atoms with Crippen LogP contribution >= 0.6 is 0 Å². The first-order valence-corrected chi connectivity index (χ1v) is 4.94. The first kappa shape index (κ1) is 9.44. The maximum Gasteiger partial charge on any atom is 0.110 e. The van der Waals surface area contributed by atoms with E-state index in [4.69, 9.17) is 9.47 Å². The molecule has 2 saturated heterocycles. The van der Waals surface area contributed by atoms with Gasteiger partial charge in [-0.1, -0.05) is 0 Å². The van der Waals surface area contributed by atoms with Crippen LogP contribution in [0.3, 0.4) is 0 Å². The average molecular weight is 186 g/mol. The van der Waals surface area contributed by atoms with E-state index in [2.05, 4.69) is 6.92 Å². The third-order valence-electron chi connectivity index (χ3n) is 3.12. The molecule has 0 aromatic rings. The van der Waals surface area contributed by atoms with Crippen molar-refractivity contribution in [1.29, 1.82) is 0 Å². The SMILES string of the molecule is CC(C)(O)[C@H]1CC[C@](C)([C@@H]2CO2)O1. The van der Waals surface area contributed by atoms with Gasteiger partial charge in [0.05, 0.1) is 23.9 Å². The third-order valence-corrected chi connectivity index (χ3v) is 3.12. The molecule has 0 saturated carbocycles. The molecule has 0 bridgehead atoms. The number of epoxide rings is 1. The Morgan fingerprint density at radius 1 is 1.46 bits per heavy atom. The maximum absolute atomic E-state index is 9.79. The summed E-state index contributed by atoms with van der Waals surface area (Å²) in [7, 11) is 0. The molecule has 13 heavy (non-hydrogen) atoms. The third kappa shape index (κ3) is 1.73. The molecule has 2 heterocycles. The molecule has 2 fully saturated rings. The predicted octanol–water partition coefficient (Wildman–Crippen LogP) is 1.09. The Kier molecular flexibility index (Phi) is 1.95. The van der Waals surface area contributed by atoms with Crippen molar-refractivity contribution in [3.63, 3.8) is 0 Å². The standard InChI is InChI=1S/C10H18O3/c1-9(2,11)7-4-5-10(3,13-7)8-6-12-8/h7-8,11H,4-6H2,1-3H3/t7-,8+,10-/m1/s1. The lowest BCUT2D eigenvalue weighted by Gasteiger charge is -2.29. The normalized spacial score (nSPS) is 45.2. The fraction of sp³-hybridized carbons (Fsp3) is 1.00. The zero-order valence-corrected chi connectivity index (χ0v) is 8.54. The van der Waals surface area contributed by atoms with Gasteiger partial charge >= 0.3 is 0 Å². The number of ether oxygens (including phenoxy) is 2. The van der Waals surface area contributed by atoms with Crippen LogP contribution in [0.1, 0.15) is 33.6 Å². The van der Waals surface area contributed by atoms with Crippen molar-refractivity contribution in [3.05, 3.63) is 0 Å². The summed E-state index contributed by atoms with van der Waals surface area (Å²) >= 11 is 0. The van der Waals surface area contributed by atoms with E-state index in [1.54, 1.807) is 13.8 Å². The number of hydrogen-bond acceptors (Lipinski definition) is 3. The van der Waals surface area contributed by atoms with E-state index < -0.39 is 5.60 Å². The Balaban J connectivity index is 2.00. The Labute approximate surface area is 79.0 Å². The zero-order valence-electron chi connectivity index (χ0n) is 8.54. The van der Waals surface area contributed by atoms with Crippen LogP contribution in [0.25, 0.3) is 0 Å². The highest BCUT2D eigenvalue weighted by molar-refractivity contribution is 5.00. The lowest BCUT2D eigenvalue weighted by atomic mass is 9.95. The second kappa shape index (κ2) is 2.69. The summed E-state index contributed by atoms with van der Waals surface area (Å²) in [5.41, 5.74) is -0.878. The van der Waals surface area contributed by atoms with Crippen LogP contribution in [0.4, 0.5) is 0 Å². The summed E-state index contributed by atoms with van der Waals surface area (Å²) in [6.45, 7) is 6.50. The molecule has 0 spiro atoms. The Bertz CT molecular complexity index is 205. The molecule has 3 atom stereocenters. The van der Waals surface area contributed by atoms with Gasteiger partial charge in [0.2, 0.25) is 0 Å². The maximum atomic E-state index is 9.79. The molecule has 0 radical (unpaired) electrons. The summed E-state index contributed by atoms with van der Waals surface area (Å²) < 4.78 is 11.1. The lowest BCUT2D eigenvalue weighted by molar-refractivity contribution is -0.122. The quantitative estimate of drug-likeness (QED) is 0.656. The summed E-state index contributed by atoms with van der Waals surface area (Å²) in [6.07, 6.45) is 2.15. The van der Waals surface area contributed by atoms with Gasteiger partial charge in [-0.05, 0) is 33.6 Å². The summed E-state index contributed by atoms with van der Waals surface area (Å²) in [5, 5.41) is 9.79. The molecule has 2 aliphatic rings. The lowest BCUT2D eigenvalue weighted by Crippen LogP contribution is -2.40. The van der Waals surface area contributed by atoms with E-state index in [-0.39, 0.29) is 17.8 Å². The van der Waals surface area contributed by atoms with Crippen molar-refractivity contribution in [2.24, 2.45) is 0 Å². The summed E-state index contributed by atoms with van der Waals surface area (Å²) in [4.78, 5) is 0. The van der Waals surface area contributed by atoms with E-state index in [1.807, 2.05) is 0 Å². The van der Waals surface area contributed by atoms with Crippen molar-refractivity contribution in [2.75, 3.05) is 6.61 Å². The van der Waals surface area contributed by atoms with Gasteiger partial charge in [0.15, 0.2) is 0 Å². The second-order valence-electron chi connectivity index (χ2n) is 4.93. The molecular weight excluding hydrogens is 168 g/mol. The highest BCUT2D eigenvalue weighted by atomic mass is 16.6. The van der Waals surface area contributed by atoms with Crippen molar-refractivity contribution < 1.29 is 14.6 Å². The molecule has 0 aliphatic carbocycles. The van der Waals surface area contributed by atoms with Crippen LogP contribution in [0, 0.1) is 0 Å². The molecule has 0 aromatic carbocycles. The zero-order chi connectivity index (χ0) is 9.69. The number of hydrogen-bond donors (Lipinski definition) is 1. The van der Waals surface area contributed by atoms with E-state index in [0.29, 0.717) is 0 Å². The smallest absolute Gasteiger partial charge is 0.110 e. The minimum atomic E-state index is -0.730. The average Bonchev–Trinajstić information content (AvgIpc) is 2.75. The Hall–Kier alpha value is -0.120. The van der Waals surface area contributed by atoms with Crippen LogP contribution in [0.2, 0.25) is 0 Å². The Morgan fingerprint density at radius 2 is 2.08 bits per heavy atom. The molecule has 3 heteroatoms. The molecule has 3 nitrogen and oxygen atoms in total. The van der Waals surface area contributed by atoms with Gasteiger partial charge in [-0.2, -0.15) is 0 Å². The largest absolute Gasteiger partial charge is 0.388 e. The first-order valence-electron chi connectivity index (χ1n) is 4.94.